The summed E-state index contributed by atoms with van der Waals surface area (Å²) in [6.07, 6.45) is 3.54. The first-order valence-corrected chi connectivity index (χ1v) is 9.04. The van der Waals surface area contributed by atoms with E-state index in [4.69, 9.17) is 0 Å². The van der Waals surface area contributed by atoms with Gasteiger partial charge in [0, 0.05) is 45.8 Å². The van der Waals surface area contributed by atoms with Crippen LogP contribution in [0.4, 0.5) is 0 Å². The van der Waals surface area contributed by atoms with Gasteiger partial charge in [-0.05, 0) is 25.2 Å². The summed E-state index contributed by atoms with van der Waals surface area (Å²) in [6.45, 7) is 11.3. The number of piperidine rings is 1. The zero-order valence-corrected chi connectivity index (χ0v) is 14.7. The summed E-state index contributed by atoms with van der Waals surface area (Å²) in [7, 11) is 0. The van der Waals surface area contributed by atoms with Crippen LogP contribution in [-0.2, 0) is 9.59 Å². The third-order valence-corrected chi connectivity index (χ3v) is 4.61. The second-order valence-electron chi connectivity index (χ2n) is 7.19. The van der Waals surface area contributed by atoms with Crippen molar-refractivity contribution in [2.45, 2.75) is 33.1 Å². The smallest absolute Gasteiger partial charge is 0.236 e. The van der Waals surface area contributed by atoms with Crippen molar-refractivity contribution in [3.8, 4) is 0 Å². The minimum atomic E-state index is 0.108. The van der Waals surface area contributed by atoms with Gasteiger partial charge in [0.25, 0.3) is 0 Å². The average Bonchev–Trinajstić information content (AvgIpc) is 2.55. The molecule has 132 valence electrons. The highest BCUT2D eigenvalue weighted by molar-refractivity contribution is 5.78. The summed E-state index contributed by atoms with van der Waals surface area (Å²) in [5.74, 6) is 0.862. The molecule has 2 aliphatic rings. The van der Waals surface area contributed by atoms with Crippen LogP contribution in [0.25, 0.3) is 0 Å². The number of carbonyl (C=O) groups excluding carboxylic acids is 2. The van der Waals surface area contributed by atoms with Crippen LogP contribution >= 0.6 is 0 Å². The van der Waals surface area contributed by atoms with Crippen LogP contribution in [0, 0.1) is 5.92 Å². The van der Waals surface area contributed by atoms with Crippen molar-refractivity contribution in [3.05, 3.63) is 0 Å². The number of hydrogen-bond acceptors (Lipinski definition) is 4. The van der Waals surface area contributed by atoms with Crippen LogP contribution in [0.15, 0.2) is 0 Å². The molecule has 0 radical (unpaired) electrons. The molecule has 0 bridgehead atoms. The Balaban J connectivity index is 1.63. The summed E-state index contributed by atoms with van der Waals surface area (Å²) >= 11 is 0. The van der Waals surface area contributed by atoms with Gasteiger partial charge in [0.15, 0.2) is 0 Å². The molecular formula is C17H32N4O2. The Morgan fingerprint density at radius 3 is 2.00 bits per heavy atom. The lowest BCUT2D eigenvalue weighted by molar-refractivity contribution is -0.134. The predicted molar refractivity (Wildman–Crippen MR) is 91.2 cm³/mol. The third kappa shape index (κ3) is 6.47. The molecule has 0 aromatic heterocycles. The van der Waals surface area contributed by atoms with Gasteiger partial charge in [0.05, 0.1) is 13.1 Å². The molecular weight excluding hydrogens is 292 g/mol. The number of hydrogen-bond donors (Lipinski definition) is 1. The molecule has 2 fully saturated rings. The van der Waals surface area contributed by atoms with E-state index in [-0.39, 0.29) is 11.8 Å². The molecule has 2 heterocycles. The zero-order valence-electron chi connectivity index (χ0n) is 14.7. The van der Waals surface area contributed by atoms with E-state index < -0.39 is 0 Å². The van der Waals surface area contributed by atoms with Crippen molar-refractivity contribution in [1.82, 2.24) is 20.0 Å². The van der Waals surface area contributed by atoms with Gasteiger partial charge in [-0.15, -0.1) is 0 Å². The van der Waals surface area contributed by atoms with Gasteiger partial charge in [0.2, 0.25) is 11.8 Å². The van der Waals surface area contributed by atoms with Gasteiger partial charge < -0.3 is 10.2 Å². The molecule has 2 saturated heterocycles. The molecule has 2 aliphatic heterocycles. The van der Waals surface area contributed by atoms with E-state index >= 15 is 0 Å². The van der Waals surface area contributed by atoms with Crippen molar-refractivity contribution < 1.29 is 9.59 Å². The molecule has 0 aromatic rings. The first-order chi connectivity index (χ1) is 11.0. The number of nitrogens with zero attached hydrogens (tertiary/aromatic N) is 3. The van der Waals surface area contributed by atoms with Crippen molar-refractivity contribution in [1.29, 1.82) is 0 Å². The first-order valence-electron chi connectivity index (χ1n) is 9.04. The van der Waals surface area contributed by atoms with Gasteiger partial charge >= 0.3 is 0 Å². The monoisotopic (exact) mass is 324 g/mol. The van der Waals surface area contributed by atoms with E-state index in [1.165, 1.54) is 6.42 Å². The van der Waals surface area contributed by atoms with E-state index in [1.54, 1.807) is 0 Å². The molecule has 6 heteroatoms. The number of carbonyl (C=O) groups is 2. The summed E-state index contributed by atoms with van der Waals surface area (Å²) in [6, 6.07) is 0. The highest BCUT2D eigenvalue weighted by Crippen LogP contribution is 2.10. The van der Waals surface area contributed by atoms with Crippen molar-refractivity contribution in [3.63, 3.8) is 0 Å². The maximum atomic E-state index is 12.3. The van der Waals surface area contributed by atoms with Crippen LogP contribution in [0.2, 0.25) is 0 Å². The quantitative estimate of drug-likeness (QED) is 0.768. The average molecular weight is 324 g/mol. The summed E-state index contributed by atoms with van der Waals surface area (Å²) < 4.78 is 0. The lowest BCUT2D eigenvalue weighted by atomic mass is 10.1. The maximum Gasteiger partial charge on any atom is 0.236 e. The number of rotatable bonds is 6. The van der Waals surface area contributed by atoms with Crippen molar-refractivity contribution >= 4 is 11.8 Å². The predicted octanol–water partition coefficient (Wildman–Crippen LogP) is 0.389. The molecule has 0 atom stereocenters. The fourth-order valence-electron chi connectivity index (χ4n) is 3.12. The van der Waals surface area contributed by atoms with Crippen LogP contribution in [0.3, 0.4) is 0 Å². The minimum Gasteiger partial charge on any atom is -0.355 e. The summed E-state index contributed by atoms with van der Waals surface area (Å²) in [5, 5.41) is 2.96. The second kappa shape index (κ2) is 9.23. The topological polar surface area (TPSA) is 55.9 Å². The Morgan fingerprint density at radius 2 is 1.43 bits per heavy atom. The van der Waals surface area contributed by atoms with E-state index in [1.807, 2.05) is 4.90 Å². The molecule has 23 heavy (non-hydrogen) atoms. The molecule has 2 amide bonds. The number of likely N-dealkylation sites (tertiary alicyclic amines) is 1. The number of nitrogens with one attached hydrogen (secondary N) is 1. The number of amides is 2. The molecule has 0 aliphatic carbocycles. The van der Waals surface area contributed by atoms with Crippen molar-refractivity contribution in [2.24, 2.45) is 5.92 Å². The highest BCUT2D eigenvalue weighted by atomic mass is 16.2. The lowest BCUT2D eigenvalue weighted by Gasteiger charge is -2.35. The van der Waals surface area contributed by atoms with Crippen LogP contribution in [-0.4, -0.2) is 85.4 Å². The molecule has 0 unspecified atom stereocenters. The number of piperazine rings is 1. The Bertz CT molecular complexity index is 386. The largest absolute Gasteiger partial charge is 0.355 e. The van der Waals surface area contributed by atoms with Crippen molar-refractivity contribution in [2.75, 3.05) is 58.9 Å². The molecule has 0 saturated carbocycles. The Morgan fingerprint density at radius 1 is 0.870 bits per heavy atom. The standard InChI is InChI=1S/C17H32N4O2/c1-15(2)12-18-16(22)13-19-8-10-20(11-9-19)14-17(23)21-6-4-3-5-7-21/h15H,3-14H2,1-2H3,(H,18,22). The van der Waals surface area contributed by atoms with Crippen LogP contribution in [0.1, 0.15) is 33.1 Å². The Kier molecular flexibility index (Phi) is 7.30. The Hall–Kier alpha value is -1.14. The molecule has 6 nitrogen and oxygen atoms in total. The Labute approximate surface area is 140 Å². The third-order valence-electron chi connectivity index (χ3n) is 4.61. The summed E-state index contributed by atoms with van der Waals surface area (Å²) in [5.41, 5.74) is 0. The molecule has 0 spiro atoms. The van der Waals surface area contributed by atoms with Gasteiger partial charge in [0.1, 0.15) is 0 Å². The van der Waals surface area contributed by atoms with Gasteiger partial charge in [-0.25, -0.2) is 0 Å². The van der Waals surface area contributed by atoms with E-state index in [0.29, 0.717) is 19.0 Å². The van der Waals surface area contributed by atoms with Crippen LogP contribution < -0.4 is 5.32 Å². The van der Waals surface area contributed by atoms with Crippen LogP contribution in [0.5, 0.6) is 0 Å². The second-order valence-corrected chi connectivity index (χ2v) is 7.19. The normalized spacial score (nSPS) is 20.7. The molecule has 1 N–H and O–H groups in total. The molecule has 2 rings (SSSR count). The van der Waals surface area contributed by atoms with E-state index in [0.717, 1.165) is 58.7 Å². The maximum absolute atomic E-state index is 12.3. The lowest BCUT2D eigenvalue weighted by Crippen LogP contribution is -2.52. The SMILES string of the molecule is CC(C)CNC(=O)CN1CCN(CC(=O)N2CCCCC2)CC1. The first kappa shape index (κ1) is 18.2. The van der Waals surface area contributed by atoms with Gasteiger partial charge in [-0.3, -0.25) is 19.4 Å². The van der Waals surface area contributed by atoms with Gasteiger partial charge in [-0.2, -0.15) is 0 Å². The molecule has 0 aromatic carbocycles. The zero-order chi connectivity index (χ0) is 16.7. The van der Waals surface area contributed by atoms with E-state index in [2.05, 4.69) is 29.0 Å². The highest BCUT2D eigenvalue weighted by Gasteiger charge is 2.23. The minimum absolute atomic E-state index is 0.108. The van der Waals surface area contributed by atoms with E-state index in [9.17, 15) is 9.59 Å². The fraction of sp³-hybridized carbons (Fsp3) is 0.882. The fourth-order valence-corrected chi connectivity index (χ4v) is 3.12. The van der Waals surface area contributed by atoms with Gasteiger partial charge in [-0.1, -0.05) is 13.8 Å². The summed E-state index contributed by atoms with van der Waals surface area (Å²) in [4.78, 5) is 30.5.